The summed E-state index contributed by atoms with van der Waals surface area (Å²) >= 11 is 0. The third kappa shape index (κ3) is 10.9. The van der Waals surface area contributed by atoms with Crippen molar-refractivity contribution in [2.45, 2.75) is 71.6 Å². The van der Waals surface area contributed by atoms with Crippen LogP contribution in [0.5, 0.6) is 0 Å². The van der Waals surface area contributed by atoms with Crippen molar-refractivity contribution in [2.24, 2.45) is 5.92 Å². The first kappa shape index (κ1) is 18.3. The first-order valence-corrected chi connectivity index (χ1v) is 8.10. The maximum Gasteiger partial charge on any atom is 0.00556 e. The fourth-order valence-electron chi connectivity index (χ4n) is 2.56. The van der Waals surface area contributed by atoms with Crippen LogP contribution in [0, 0.1) is 5.92 Å². The molecule has 0 aliphatic carbocycles. The van der Waals surface area contributed by atoms with Crippen molar-refractivity contribution < 1.29 is 0 Å². The molecule has 1 unspecified atom stereocenters. The molecule has 0 spiro atoms. The lowest BCUT2D eigenvalue weighted by Crippen LogP contribution is -2.07. The van der Waals surface area contributed by atoms with Crippen LogP contribution in [-0.2, 0) is 0 Å². The number of allylic oxidation sites excluding steroid dienone is 2. The van der Waals surface area contributed by atoms with E-state index in [1.807, 2.05) is 6.08 Å². The minimum absolute atomic E-state index is 0.854. The van der Waals surface area contributed by atoms with Gasteiger partial charge >= 0.3 is 0 Å². The summed E-state index contributed by atoms with van der Waals surface area (Å²) in [4.78, 5) is 2.21. The molecule has 0 aromatic heterocycles. The highest BCUT2D eigenvalue weighted by Gasteiger charge is 2.09. The van der Waals surface area contributed by atoms with Gasteiger partial charge in [-0.05, 0) is 50.6 Å². The molecule has 0 aromatic carbocycles. The first-order valence-electron chi connectivity index (χ1n) is 8.10. The molecule has 0 N–H and O–H groups in total. The molecule has 0 bridgehead atoms. The summed E-state index contributed by atoms with van der Waals surface area (Å²) in [6, 6.07) is 0. The van der Waals surface area contributed by atoms with Gasteiger partial charge in [0.25, 0.3) is 0 Å². The third-order valence-corrected chi connectivity index (χ3v) is 3.69. The van der Waals surface area contributed by atoms with E-state index in [-0.39, 0.29) is 0 Å². The fraction of sp³-hybridized carbons (Fsp3) is 0.778. The zero-order valence-electron chi connectivity index (χ0n) is 13.8. The van der Waals surface area contributed by atoms with Gasteiger partial charge in [-0.3, -0.25) is 0 Å². The van der Waals surface area contributed by atoms with Crippen molar-refractivity contribution in [3.05, 3.63) is 24.4 Å². The molecule has 0 aromatic rings. The molecular weight excluding hydrogens is 230 g/mol. The Morgan fingerprint density at radius 1 is 1.16 bits per heavy atom. The highest BCUT2D eigenvalue weighted by molar-refractivity contribution is 5.02. The number of unbranched alkanes of at least 4 members (excludes halogenated alkanes) is 3. The van der Waals surface area contributed by atoms with E-state index in [1.54, 1.807) is 5.57 Å². The minimum atomic E-state index is 0.854. The van der Waals surface area contributed by atoms with E-state index in [0.29, 0.717) is 0 Å². The van der Waals surface area contributed by atoms with Crippen LogP contribution in [0.2, 0.25) is 0 Å². The zero-order valence-corrected chi connectivity index (χ0v) is 13.8. The van der Waals surface area contributed by atoms with Gasteiger partial charge in [0.15, 0.2) is 0 Å². The van der Waals surface area contributed by atoms with Crippen LogP contribution in [0.3, 0.4) is 0 Å². The van der Waals surface area contributed by atoms with E-state index in [1.165, 1.54) is 57.8 Å². The Bertz CT molecular complexity index is 240. The summed E-state index contributed by atoms with van der Waals surface area (Å²) in [5.41, 5.74) is 1.64. The third-order valence-electron chi connectivity index (χ3n) is 3.69. The quantitative estimate of drug-likeness (QED) is 0.319. The normalized spacial score (nSPS) is 13.4. The molecule has 1 nitrogen and oxygen atoms in total. The van der Waals surface area contributed by atoms with Crippen LogP contribution < -0.4 is 0 Å². The van der Waals surface area contributed by atoms with E-state index < -0.39 is 0 Å². The zero-order chi connectivity index (χ0) is 14.5. The van der Waals surface area contributed by atoms with Gasteiger partial charge in [-0.1, -0.05) is 44.8 Å². The number of hydrogen-bond donors (Lipinski definition) is 0. The molecule has 0 aliphatic rings. The molecule has 0 amide bonds. The highest BCUT2D eigenvalue weighted by atomic mass is 15.0. The summed E-state index contributed by atoms with van der Waals surface area (Å²) in [6.45, 7) is 8.42. The fourth-order valence-corrected chi connectivity index (χ4v) is 2.56. The topological polar surface area (TPSA) is 3.24 Å². The van der Waals surface area contributed by atoms with Crippen molar-refractivity contribution in [1.29, 1.82) is 0 Å². The van der Waals surface area contributed by atoms with Crippen LogP contribution in [0.15, 0.2) is 24.4 Å². The van der Waals surface area contributed by atoms with E-state index in [9.17, 15) is 0 Å². The highest BCUT2D eigenvalue weighted by Crippen LogP contribution is 2.24. The van der Waals surface area contributed by atoms with Crippen LogP contribution in [0.1, 0.15) is 71.6 Å². The maximum absolute atomic E-state index is 3.82. The van der Waals surface area contributed by atoms with Crippen LogP contribution in [-0.4, -0.2) is 19.0 Å². The standard InChI is InChI=1S/C18H35N/c1-6-9-11-13-17(8-3)15-18(16-19(4)5)14-12-10-7-2/h6,16-17H,1,7-15H2,2-5H3. The second-order valence-electron chi connectivity index (χ2n) is 5.91. The van der Waals surface area contributed by atoms with E-state index >= 15 is 0 Å². The van der Waals surface area contributed by atoms with Gasteiger partial charge in [0.2, 0.25) is 0 Å². The Morgan fingerprint density at radius 3 is 2.42 bits per heavy atom. The van der Waals surface area contributed by atoms with E-state index in [2.05, 4.69) is 45.6 Å². The first-order chi connectivity index (χ1) is 9.13. The van der Waals surface area contributed by atoms with Crippen molar-refractivity contribution >= 4 is 0 Å². The van der Waals surface area contributed by atoms with Gasteiger partial charge in [0.05, 0.1) is 0 Å². The van der Waals surface area contributed by atoms with Gasteiger partial charge in [-0.25, -0.2) is 0 Å². The molecule has 0 heterocycles. The summed E-state index contributed by atoms with van der Waals surface area (Å²) in [5, 5.41) is 0. The molecule has 1 atom stereocenters. The molecule has 19 heavy (non-hydrogen) atoms. The molecule has 0 saturated carbocycles. The van der Waals surface area contributed by atoms with Gasteiger partial charge in [0.1, 0.15) is 0 Å². The Kier molecular flexibility index (Phi) is 11.9. The van der Waals surface area contributed by atoms with Crippen molar-refractivity contribution in [2.75, 3.05) is 14.1 Å². The lowest BCUT2D eigenvalue weighted by molar-refractivity contribution is 0.438. The molecule has 0 saturated heterocycles. The smallest absolute Gasteiger partial charge is 0.00556 e. The van der Waals surface area contributed by atoms with Crippen LogP contribution in [0.25, 0.3) is 0 Å². The molecule has 0 fully saturated rings. The summed E-state index contributed by atoms with van der Waals surface area (Å²) in [5.74, 6) is 0.854. The average molecular weight is 265 g/mol. The van der Waals surface area contributed by atoms with Crippen molar-refractivity contribution in [3.8, 4) is 0 Å². The van der Waals surface area contributed by atoms with E-state index in [4.69, 9.17) is 0 Å². The maximum atomic E-state index is 3.82. The van der Waals surface area contributed by atoms with Gasteiger partial charge < -0.3 is 4.90 Å². The van der Waals surface area contributed by atoms with E-state index in [0.717, 1.165) is 5.92 Å². The van der Waals surface area contributed by atoms with Crippen LogP contribution in [0.4, 0.5) is 0 Å². The second-order valence-corrected chi connectivity index (χ2v) is 5.91. The van der Waals surface area contributed by atoms with Crippen molar-refractivity contribution in [3.63, 3.8) is 0 Å². The molecule has 0 rings (SSSR count). The predicted octanol–water partition coefficient (Wildman–Crippen LogP) is 5.78. The summed E-state index contributed by atoms with van der Waals surface area (Å²) in [7, 11) is 4.27. The Morgan fingerprint density at radius 2 is 1.89 bits per heavy atom. The predicted molar refractivity (Wildman–Crippen MR) is 88.4 cm³/mol. The summed E-state index contributed by atoms with van der Waals surface area (Å²) < 4.78 is 0. The minimum Gasteiger partial charge on any atom is -0.384 e. The van der Waals surface area contributed by atoms with Gasteiger partial charge in [-0.2, -0.15) is 0 Å². The molecule has 1 heteroatoms. The second kappa shape index (κ2) is 12.3. The number of rotatable bonds is 12. The van der Waals surface area contributed by atoms with Crippen LogP contribution >= 0.6 is 0 Å². The average Bonchev–Trinajstić information content (AvgIpc) is 2.37. The Labute approximate surface area is 121 Å². The largest absolute Gasteiger partial charge is 0.384 e. The number of hydrogen-bond acceptors (Lipinski definition) is 1. The molecule has 112 valence electrons. The van der Waals surface area contributed by atoms with Crippen molar-refractivity contribution in [1.82, 2.24) is 4.90 Å². The Hall–Kier alpha value is -0.720. The number of nitrogens with zero attached hydrogens (tertiary/aromatic N) is 1. The SMILES string of the molecule is C=CCCCC(CC)CC(=CN(C)C)CCCCC. The summed E-state index contributed by atoms with van der Waals surface area (Å²) in [6.07, 6.45) is 16.1. The molecular formula is C18H35N. The lowest BCUT2D eigenvalue weighted by atomic mass is 9.90. The van der Waals surface area contributed by atoms with Gasteiger partial charge in [0, 0.05) is 14.1 Å². The molecule has 0 radical (unpaired) electrons. The molecule has 0 aliphatic heterocycles. The monoisotopic (exact) mass is 265 g/mol. The lowest BCUT2D eigenvalue weighted by Gasteiger charge is -2.19. The van der Waals surface area contributed by atoms with Gasteiger partial charge in [-0.15, -0.1) is 6.58 Å². The Balaban J connectivity index is 4.28.